The van der Waals surface area contributed by atoms with Crippen molar-refractivity contribution in [3.05, 3.63) is 62.5 Å². The molecule has 24 heavy (non-hydrogen) atoms. The predicted octanol–water partition coefficient (Wildman–Crippen LogP) is 4.61. The first kappa shape index (κ1) is 16.8. The maximum absolute atomic E-state index is 6.05. The van der Waals surface area contributed by atoms with E-state index in [1.807, 2.05) is 0 Å². The lowest BCUT2D eigenvalue weighted by Crippen LogP contribution is -1.95. The van der Waals surface area contributed by atoms with Gasteiger partial charge in [0.25, 0.3) is 0 Å². The molecule has 2 heterocycles. The van der Waals surface area contributed by atoms with E-state index in [0.29, 0.717) is 37.9 Å². The Kier molecular flexibility index (Phi) is 5.03. The van der Waals surface area contributed by atoms with E-state index in [0.717, 1.165) is 0 Å². The van der Waals surface area contributed by atoms with Gasteiger partial charge < -0.3 is 9.15 Å². The zero-order chi connectivity index (χ0) is 17.1. The SMILES string of the molecule is Cc1n[nH]c(=S)n1/N=C/c1ccc(COc2c(Cl)cccc2Cl)o1. The van der Waals surface area contributed by atoms with Crippen LogP contribution in [-0.2, 0) is 6.61 Å². The standard InChI is InChI=1S/C15H12Cl2N4O2S/c1-9-19-20-15(24)21(9)18-7-10-5-6-11(23-10)8-22-14-12(16)3-2-4-13(14)17/h2-7H,8H2,1H3,(H,20,24)/b18-7+. The number of para-hydroxylation sites is 1. The molecule has 0 saturated heterocycles. The summed E-state index contributed by atoms with van der Waals surface area (Å²) < 4.78 is 13.1. The van der Waals surface area contributed by atoms with Crippen LogP contribution in [0.5, 0.6) is 5.75 Å². The molecule has 1 N–H and O–H groups in total. The Morgan fingerprint density at radius 2 is 2.08 bits per heavy atom. The van der Waals surface area contributed by atoms with E-state index in [2.05, 4.69) is 15.3 Å². The molecule has 0 atom stereocenters. The minimum absolute atomic E-state index is 0.196. The molecule has 1 aromatic carbocycles. The molecule has 0 radical (unpaired) electrons. The second kappa shape index (κ2) is 7.21. The van der Waals surface area contributed by atoms with Crippen LogP contribution in [0.4, 0.5) is 0 Å². The van der Waals surface area contributed by atoms with Gasteiger partial charge in [-0.1, -0.05) is 29.3 Å². The summed E-state index contributed by atoms with van der Waals surface area (Å²) in [6, 6.07) is 8.73. The number of aromatic nitrogens is 3. The summed E-state index contributed by atoms with van der Waals surface area (Å²) in [7, 11) is 0. The van der Waals surface area contributed by atoms with Gasteiger partial charge in [0.1, 0.15) is 24.0 Å². The Morgan fingerprint density at radius 1 is 1.33 bits per heavy atom. The molecule has 0 aliphatic rings. The van der Waals surface area contributed by atoms with Crippen LogP contribution in [0.3, 0.4) is 0 Å². The quantitative estimate of drug-likeness (QED) is 0.516. The molecule has 3 aromatic rings. The van der Waals surface area contributed by atoms with E-state index in [1.54, 1.807) is 43.5 Å². The van der Waals surface area contributed by atoms with Crippen LogP contribution < -0.4 is 4.74 Å². The second-order valence-electron chi connectivity index (χ2n) is 4.78. The summed E-state index contributed by atoms with van der Waals surface area (Å²) in [5.41, 5.74) is 0. The zero-order valence-corrected chi connectivity index (χ0v) is 14.8. The van der Waals surface area contributed by atoms with Crippen molar-refractivity contribution in [2.24, 2.45) is 5.10 Å². The molecular formula is C15H12Cl2N4O2S. The average molecular weight is 383 g/mol. The molecule has 124 valence electrons. The van der Waals surface area contributed by atoms with Gasteiger partial charge in [-0.25, -0.2) is 0 Å². The van der Waals surface area contributed by atoms with Gasteiger partial charge in [0.2, 0.25) is 4.77 Å². The number of nitrogens with zero attached hydrogens (tertiary/aromatic N) is 3. The monoisotopic (exact) mass is 382 g/mol. The Hall–Kier alpha value is -2.09. The van der Waals surface area contributed by atoms with E-state index in [-0.39, 0.29) is 6.61 Å². The molecule has 0 bridgehead atoms. The first-order valence-corrected chi connectivity index (χ1v) is 8.05. The van der Waals surface area contributed by atoms with Crippen LogP contribution >= 0.6 is 35.4 Å². The fourth-order valence-corrected chi connectivity index (χ4v) is 2.66. The van der Waals surface area contributed by atoms with Gasteiger partial charge in [-0.15, -0.1) is 0 Å². The smallest absolute Gasteiger partial charge is 0.216 e. The molecule has 0 amide bonds. The van der Waals surface area contributed by atoms with Crippen molar-refractivity contribution in [1.29, 1.82) is 0 Å². The fraction of sp³-hybridized carbons (Fsp3) is 0.133. The van der Waals surface area contributed by atoms with E-state index in [9.17, 15) is 0 Å². The van der Waals surface area contributed by atoms with Crippen molar-refractivity contribution in [2.45, 2.75) is 13.5 Å². The average Bonchev–Trinajstić information content (AvgIpc) is 3.12. The molecule has 0 unspecified atom stereocenters. The lowest BCUT2D eigenvalue weighted by Gasteiger charge is -2.07. The van der Waals surface area contributed by atoms with Crippen LogP contribution in [-0.4, -0.2) is 21.1 Å². The maximum atomic E-state index is 6.05. The van der Waals surface area contributed by atoms with Crippen LogP contribution in [0.2, 0.25) is 10.0 Å². The third-order valence-corrected chi connectivity index (χ3v) is 3.93. The van der Waals surface area contributed by atoms with Gasteiger partial charge in [-0.2, -0.15) is 14.9 Å². The van der Waals surface area contributed by atoms with Gasteiger partial charge >= 0.3 is 0 Å². The van der Waals surface area contributed by atoms with Gasteiger partial charge in [0.05, 0.1) is 16.3 Å². The van der Waals surface area contributed by atoms with Crippen LogP contribution in [0.15, 0.2) is 39.9 Å². The molecule has 9 heteroatoms. The molecule has 0 saturated carbocycles. The third-order valence-electron chi connectivity index (χ3n) is 3.07. The lowest BCUT2D eigenvalue weighted by atomic mass is 10.3. The minimum atomic E-state index is 0.196. The molecular weight excluding hydrogens is 371 g/mol. The largest absolute Gasteiger partial charge is 0.483 e. The van der Waals surface area contributed by atoms with Crippen molar-refractivity contribution < 1.29 is 9.15 Å². The normalized spacial score (nSPS) is 11.3. The molecule has 3 rings (SSSR count). The molecule has 0 aliphatic heterocycles. The Balaban J connectivity index is 1.69. The molecule has 6 nitrogen and oxygen atoms in total. The summed E-state index contributed by atoms with van der Waals surface area (Å²) >= 11 is 17.2. The number of nitrogens with one attached hydrogen (secondary N) is 1. The highest BCUT2D eigenvalue weighted by Crippen LogP contribution is 2.32. The summed E-state index contributed by atoms with van der Waals surface area (Å²) in [5, 5.41) is 11.7. The predicted molar refractivity (Wildman–Crippen MR) is 94.6 cm³/mol. The molecule has 0 spiro atoms. The summed E-state index contributed by atoms with van der Waals surface area (Å²) in [4.78, 5) is 0. The number of furan rings is 1. The van der Waals surface area contributed by atoms with Crippen molar-refractivity contribution in [1.82, 2.24) is 14.9 Å². The van der Waals surface area contributed by atoms with Crippen molar-refractivity contribution in [3.8, 4) is 5.75 Å². The van der Waals surface area contributed by atoms with E-state index in [1.165, 1.54) is 4.68 Å². The van der Waals surface area contributed by atoms with E-state index < -0.39 is 0 Å². The topological polar surface area (TPSA) is 68.3 Å². The van der Waals surface area contributed by atoms with Crippen molar-refractivity contribution >= 4 is 41.6 Å². The number of benzene rings is 1. The second-order valence-corrected chi connectivity index (χ2v) is 5.98. The highest BCUT2D eigenvalue weighted by Gasteiger charge is 2.08. The number of aryl methyl sites for hydroxylation is 1. The van der Waals surface area contributed by atoms with Crippen molar-refractivity contribution in [3.63, 3.8) is 0 Å². The Morgan fingerprint density at radius 3 is 2.75 bits per heavy atom. The maximum Gasteiger partial charge on any atom is 0.216 e. The number of H-pyrrole nitrogens is 1. The Bertz CT molecular complexity index is 925. The number of rotatable bonds is 5. The number of aromatic amines is 1. The molecule has 2 aromatic heterocycles. The number of hydrogen-bond donors (Lipinski definition) is 1. The molecule has 0 aliphatic carbocycles. The van der Waals surface area contributed by atoms with Gasteiger partial charge in [-0.3, -0.25) is 5.10 Å². The summed E-state index contributed by atoms with van der Waals surface area (Å²) in [6.07, 6.45) is 1.55. The van der Waals surface area contributed by atoms with E-state index >= 15 is 0 Å². The summed E-state index contributed by atoms with van der Waals surface area (Å²) in [6.45, 7) is 1.99. The van der Waals surface area contributed by atoms with Crippen molar-refractivity contribution in [2.75, 3.05) is 0 Å². The first-order valence-electron chi connectivity index (χ1n) is 6.88. The lowest BCUT2D eigenvalue weighted by molar-refractivity contribution is 0.270. The first-order chi connectivity index (χ1) is 11.5. The van der Waals surface area contributed by atoms with E-state index in [4.69, 9.17) is 44.6 Å². The number of hydrogen-bond acceptors (Lipinski definition) is 5. The highest BCUT2D eigenvalue weighted by atomic mass is 35.5. The van der Waals surface area contributed by atoms with Gasteiger partial charge in [-0.05, 0) is 43.4 Å². The van der Waals surface area contributed by atoms with Crippen LogP contribution in [0.1, 0.15) is 17.3 Å². The Labute approximate surface area is 152 Å². The highest BCUT2D eigenvalue weighted by molar-refractivity contribution is 7.71. The van der Waals surface area contributed by atoms with Crippen LogP contribution in [0, 0.1) is 11.7 Å². The fourth-order valence-electron chi connectivity index (χ4n) is 1.93. The summed E-state index contributed by atoms with van der Waals surface area (Å²) in [5.74, 6) is 2.24. The third kappa shape index (κ3) is 3.69. The van der Waals surface area contributed by atoms with Gasteiger partial charge in [0, 0.05) is 0 Å². The molecule has 0 fully saturated rings. The zero-order valence-electron chi connectivity index (χ0n) is 12.5. The minimum Gasteiger partial charge on any atom is -0.483 e. The van der Waals surface area contributed by atoms with Crippen LogP contribution in [0.25, 0.3) is 0 Å². The number of halogens is 2. The van der Waals surface area contributed by atoms with Gasteiger partial charge in [0.15, 0.2) is 5.75 Å². The number of ether oxygens (including phenoxy) is 1.